The van der Waals surface area contributed by atoms with Gasteiger partial charge in [0.1, 0.15) is 0 Å². The number of hydrazine groups is 1. The molecule has 8 heteroatoms. The highest BCUT2D eigenvalue weighted by molar-refractivity contribution is 7.12. The predicted molar refractivity (Wildman–Crippen MR) is 90.7 cm³/mol. The van der Waals surface area contributed by atoms with Crippen LogP contribution in [0.15, 0.2) is 41.8 Å². The number of benzene rings is 1. The Bertz CT molecular complexity index is 749. The van der Waals surface area contributed by atoms with Gasteiger partial charge in [-0.25, -0.2) is 4.39 Å². The van der Waals surface area contributed by atoms with Crippen LogP contribution in [0.5, 0.6) is 5.75 Å². The second-order valence-corrected chi connectivity index (χ2v) is 6.08. The van der Waals surface area contributed by atoms with Crippen molar-refractivity contribution in [2.24, 2.45) is 0 Å². The number of halogens is 1. The fourth-order valence-electron chi connectivity index (χ4n) is 1.87. The van der Waals surface area contributed by atoms with Gasteiger partial charge in [-0.1, -0.05) is 18.2 Å². The molecule has 2 aromatic rings. The molecular weight excluding hydrogens is 347 g/mol. The summed E-state index contributed by atoms with van der Waals surface area (Å²) in [5.74, 6) is -1.92. The van der Waals surface area contributed by atoms with Gasteiger partial charge in [-0.05, 0) is 30.5 Å². The molecule has 1 aromatic carbocycles. The van der Waals surface area contributed by atoms with Gasteiger partial charge in [0.15, 0.2) is 23.5 Å². The summed E-state index contributed by atoms with van der Waals surface area (Å²) < 4.78 is 18.7. The van der Waals surface area contributed by atoms with Crippen LogP contribution in [0.4, 0.5) is 4.39 Å². The average Bonchev–Trinajstić information content (AvgIpc) is 3.14. The largest absolute Gasteiger partial charge is 0.478 e. The lowest BCUT2D eigenvalue weighted by Gasteiger charge is -2.15. The van der Waals surface area contributed by atoms with Gasteiger partial charge in [-0.15, -0.1) is 11.3 Å². The number of ether oxygens (including phenoxy) is 1. The minimum absolute atomic E-state index is 0.0451. The molecule has 25 heavy (non-hydrogen) atoms. The fraction of sp³-hybridized carbons (Fsp3) is 0.235. The molecule has 0 fully saturated rings. The number of hydrogen-bond donors (Lipinski definition) is 2. The van der Waals surface area contributed by atoms with E-state index < -0.39 is 23.7 Å². The van der Waals surface area contributed by atoms with Crippen LogP contribution in [-0.4, -0.2) is 23.7 Å². The van der Waals surface area contributed by atoms with E-state index in [9.17, 15) is 18.8 Å². The smallest absolute Gasteiger partial charge is 0.279 e. The SMILES string of the molecule is CC(Oc1ccccc1F)C(=O)NNC(=O)CCC(=O)c1cccs1. The van der Waals surface area contributed by atoms with E-state index in [1.54, 1.807) is 23.6 Å². The Labute approximate surface area is 148 Å². The molecule has 0 aliphatic rings. The lowest BCUT2D eigenvalue weighted by molar-refractivity contribution is -0.132. The highest BCUT2D eigenvalue weighted by atomic mass is 32.1. The summed E-state index contributed by atoms with van der Waals surface area (Å²) in [7, 11) is 0. The molecule has 0 bridgehead atoms. The van der Waals surface area contributed by atoms with E-state index in [0.29, 0.717) is 4.88 Å². The Morgan fingerprint density at radius 3 is 2.56 bits per heavy atom. The van der Waals surface area contributed by atoms with E-state index in [4.69, 9.17) is 4.74 Å². The lowest BCUT2D eigenvalue weighted by Crippen LogP contribution is -2.47. The zero-order chi connectivity index (χ0) is 18.2. The summed E-state index contributed by atoms with van der Waals surface area (Å²) in [6, 6.07) is 9.14. The van der Waals surface area contributed by atoms with Gasteiger partial charge in [0.05, 0.1) is 4.88 Å². The molecular formula is C17H17FN2O4S. The third-order valence-electron chi connectivity index (χ3n) is 3.21. The standard InChI is InChI=1S/C17H17FN2O4S/c1-11(24-14-6-3-2-5-12(14)18)17(23)20-19-16(22)9-8-13(21)15-7-4-10-25-15/h2-7,10-11H,8-9H2,1H3,(H,19,22)(H,20,23). The summed E-state index contributed by atoms with van der Waals surface area (Å²) in [5, 5.41) is 1.78. The minimum Gasteiger partial charge on any atom is -0.478 e. The van der Waals surface area contributed by atoms with Crippen LogP contribution in [0.1, 0.15) is 29.4 Å². The van der Waals surface area contributed by atoms with Crippen LogP contribution in [0.2, 0.25) is 0 Å². The minimum atomic E-state index is -1.01. The van der Waals surface area contributed by atoms with Gasteiger partial charge >= 0.3 is 0 Å². The third kappa shape index (κ3) is 5.68. The maximum absolute atomic E-state index is 13.5. The molecule has 2 rings (SSSR count). The molecule has 2 N–H and O–H groups in total. The van der Waals surface area contributed by atoms with E-state index in [2.05, 4.69) is 10.9 Å². The molecule has 1 atom stereocenters. The number of Topliss-reactive ketones (excluding diaryl/α,β-unsaturated/α-hetero) is 1. The van der Waals surface area contributed by atoms with Gasteiger partial charge in [-0.2, -0.15) is 0 Å². The summed E-state index contributed by atoms with van der Waals surface area (Å²) in [5.41, 5.74) is 4.39. The molecule has 0 spiro atoms. The molecule has 1 unspecified atom stereocenters. The highest BCUT2D eigenvalue weighted by Gasteiger charge is 2.17. The summed E-state index contributed by atoms with van der Waals surface area (Å²) in [6.45, 7) is 1.42. The molecule has 2 amide bonds. The van der Waals surface area contributed by atoms with Crippen LogP contribution in [0, 0.1) is 5.82 Å². The van der Waals surface area contributed by atoms with E-state index in [1.165, 1.54) is 36.5 Å². The summed E-state index contributed by atoms with van der Waals surface area (Å²) >= 11 is 1.31. The van der Waals surface area contributed by atoms with E-state index >= 15 is 0 Å². The van der Waals surface area contributed by atoms with E-state index in [0.717, 1.165) is 0 Å². The zero-order valence-electron chi connectivity index (χ0n) is 13.5. The van der Waals surface area contributed by atoms with Crippen molar-refractivity contribution < 1.29 is 23.5 Å². The number of hydrogen-bond acceptors (Lipinski definition) is 5. The summed E-state index contributed by atoms with van der Waals surface area (Å²) in [6.07, 6.45) is -1.02. The first kappa shape index (κ1) is 18.6. The second kappa shape index (κ2) is 8.93. The maximum Gasteiger partial charge on any atom is 0.279 e. The van der Waals surface area contributed by atoms with Crippen molar-refractivity contribution in [1.29, 1.82) is 0 Å². The first-order chi connectivity index (χ1) is 12.0. The van der Waals surface area contributed by atoms with E-state index in [-0.39, 0.29) is 24.4 Å². The monoisotopic (exact) mass is 364 g/mol. The van der Waals surface area contributed by atoms with Gasteiger partial charge in [0, 0.05) is 12.8 Å². The van der Waals surface area contributed by atoms with Crippen LogP contribution >= 0.6 is 11.3 Å². The molecule has 1 aromatic heterocycles. The van der Waals surface area contributed by atoms with Crippen LogP contribution in [-0.2, 0) is 9.59 Å². The third-order valence-corrected chi connectivity index (χ3v) is 4.12. The van der Waals surface area contributed by atoms with Crippen molar-refractivity contribution in [3.63, 3.8) is 0 Å². The number of carbonyl (C=O) groups is 3. The van der Waals surface area contributed by atoms with Crippen LogP contribution in [0.3, 0.4) is 0 Å². The highest BCUT2D eigenvalue weighted by Crippen LogP contribution is 2.17. The molecule has 6 nitrogen and oxygen atoms in total. The Balaban J connectivity index is 1.72. The number of carbonyl (C=O) groups excluding carboxylic acids is 3. The summed E-state index contributed by atoms with van der Waals surface area (Å²) in [4.78, 5) is 35.9. The topological polar surface area (TPSA) is 84.5 Å². The number of nitrogens with one attached hydrogen (secondary N) is 2. The predicted octanol–water partition coefficient (Wildman–Crippen LogP) is 2.47. The Morgan fingerprint density at radius 1 is 1.12 bits per heavy atom. The van der Waals surface area contributed by atoms with Crippen molar-refractivity contribution in [2.75, 3.05) is 0 Å². The van der Waals surface area contributed by atoms with Gasteiger partial charge < -0.3 is 4.74 Å². The van der Waals surface area contributed by atoms with Crippen molar-refractivity contribution in [2.45, 2.75) is 25.9 Å². The quantitative estimate of drug-likeness (QED) is 0.584. The van der Waals surface area contributed by atoms with Gasteiger partial charge in [-0.3, -0.25) is 25.2 Å². The number of amides is 2. The number of ketones is 1. The number of thiophene rings is 1. The Hall–Kier alpha value is -2.74. The van der Waals surface area contributed by atoms with Crippen molar-refractivity contribution in [1.82, 2.24) is 10.9 Å². The lowest BCUT2D eigenvalue weighted by atomic mass is 10.2. The fourth-order valence-corrected chi connectivity index (χ4v) is 2.56. The molecule has 0 radical (unpaired) electrons. The maximum atomic E-state index is 13.5. The molecule has 0 saturated heterocycles. The first-order valence-electron chi connectivity index (χ1n) is 7.54. The molecule has 0 aliphatic carbocycles. The number of rotatable bonds is 7. The second-order valence-electron chi connectivity index (χ2n) is 5.13. The normalized spacial score (nSPS) is 11.4. The average molecular weight is 364 g/mol. The van der Waals surface area contributed by atoms with Crippen LogP contribution < -0.4 is 15.6 Å². The van der Waals surface area contributed by atoms with Crippen molar-refractivity contribution >= 4 is 28.9 Å². The Morgan fingerprint density at radius 2 is 1.88 bits per heavy atom. The molecule has 1 heterocycles. The molecule has 132 valence electrons. The number of para-hydroxylation sites is 1. The van der Waals surface area contributed by atoms with Crippen molar-refractivity contribution in [3.05, 3.63) is 52.5 Å². The molecule has 0 saturated carbocycles. The van der Waals surface area contributed by atoms with Gasteiger partial charge in [0.25, 0.3) is 5.91 Å². The van der Waals surface area contributed by atoms with Crippen molar-refractivity contribution in [3.8, 4) is 5.75 Å². The first-order valence-corrected chi connectivity index (χ1v) is 8.42. The zero-order valence-corrected chi connectivity index (χ0v) is 14.3. The van der Waals surface area contributed by atoms with E-state index in [1.807, 2.05) is 0 Å². The Kier molecular flexibility index (Phi) is 6.64. The molecule has 0 aliphatic heterocycles. The van der Waals surface area contributed by atoms with Crippen LogP contribution in [0.25, 0.3) is 0 Å². The van der Waals surface area contributed by atoms with Gasteiger partial charge in [0.2, 0.25) is 5.91 Å².